The quantitative estimate of drug-likeness (QED) is 0.604. The van der Waals surface area contributed by atoms with Gasteiger partial charge in [-0.15, -0.1) is 0 Å². The Morgan fingerprint density at radius 1 is 1.46 bits per heavy atom. The van der Waals surface area contributed by atoms with E-state index in [9.17, 15) is 4.79 Å². The van der Waals surface area contributed by atoms with Crippen LogP contribution in [0.5, 0.6) is 0 Å². The van der Waals surface area contributed by atoms with Crippen molar-refractivity contribution in [3.8, 4) is 11.8 Å². The number of amides is 1. The van der Waals surface area contributed by atoms with Gasteiger partial charge in [-0.1, -0.05) is 5.92 Å². The normalized spacial score (nSPS) is 22.4. The van der Waals surface area contributed by atoms with E-state index in [1.54, 1.807) is 6.92 Å². The third-order valence-electron chi connectivity index (χ3n) is 2.03. The highest BCUT2D eigenvalue weighted by Crippen LogP contribution is 2.07. The van der Waals surface area contributed by atoms with Gasteiger partial charge in [0.15, 0.2) is 0 Å². The average molecular weight is 181 g/mol. The van der Waals surface area contributed by atoms with Crippen LogP contribution in [0.15, 0.2) is 0 Å². The fourth-order valence-corrected chi connectivity index (χ4v) is 1.38. The summed E-state index contributed by atoms with van der Waals surface area (Å²) < 4.78 is 5.28. The van der Waals surface area contributed by atoms with E-state index in [0.717, 1.165) is 32.5 Å². The second-order valence-corrected chi connectivity index (χ2v) is 3.09. The molecule has 3 nitrogen and oxygen atoms in total. The van der Waals surface area contributed by atoms with Crippen LogP contribution < -0.4 is 5.32 Å². The first-order valence-corrected chi connectivity index (χ1v) is 4.64. The van der Waals surface area contributed by atoms with E-state index in [2.05, 4.69) is 17.2 Å². The molecular weight excluding hydrogens is 166 g/mol. The van der Waals surface area contributed by atoms with Crippen LogP contribution in [0.4, 0.5) is 0 Å². The van der Waals surface area contributed by atoms with Crippen molar-refractivity contribution < 1.29 is 9.53 Å². The second kappa shape index (κ2) is 5.60. The molecule has 1 rings (SSSR count). The van der Waals surface area contributed by atoms with E-state index >= 15 is 0 Å². The molecule has 1 unspecified atom stereocenters. The summed E-state index contributed by atoms with van der Waals surface area (Å²) in [6.07, 6.45) is 2.92. The van der Waals surface area contributed by atoms with E-state index in [0.29, 0.717) is 0 Å². The summed E-state index contributed by atoms with van der Waals surface area (Å²) in [5.41, 5.74) is 0. The number of rotatable bonds is 1. The minimum absolute atomic E-state index is 0.172. The molecule has 1 saturated heterocycles. The molecule has 0 saturated carbocycles. The molecule has 0 aromatic heterocycles. The number of hydrogen-bond donors (Lipinski definition) is 1. The Morgan fingerprint density at radius 2 is 2.31 bits per heavy atom. The van der Waals surface area contributed by atoms with Gasteiger partial charge in [0.1, 0.15) is 0 Å². The molecule has 0 bridgehead atoms. The van der Waals surface area contributed by atoms with Crippen molar-refractivity contribution in [2.45, 2.75) is 32.2 Å². The lowest BCUT2D eigenvalue weighted by Crippen LogP contribution is -2.34. The van der Waals surface area contributed by atoms with Crippen molar-refractivity contribution >= 4 is 5.91 Å². The minimum Gasteiger partial charge on any atom is -0.381 e. The van der Waals surface area contributed by atoms with E-state index < -0.39 is 0 Å². The van der Waals surface area contributed by atoms with Crippen LogP contribution in [0.1, 0.15) is 26.2 Å². The SMILES string of the molecule is CC#CC(=O)NC1CCCOCC1. The molecule has 1 fully saturated rings. The summed E-state index contributed by atoms with van der Waals surface area (Å²) in [6, 6.07) is 0.246. The smallest absolute Gasteiger partial charge is 0.296 e. The third kappa shape index (κ3) is 3.95. The van der Waals surface area contributed by atoms with Crippen molar-refractivity contribution in [2.75, 3.05) is 13.2 Å². The third-order valence-corrected chi connectivity index (χ3v) is 2.03. The predicted molar refractivity (Wildman–Crippen MR) is 50.1 cm³/mol. The Bertz CT molecular complexity index is 219. The molecule has 1 amide bonds. The number of carbonyl (C=O) groups is 1. The van der Waals surface area contributed by atoms with Gasteiger partial charge in [-0.05, 0) is 32.1 Å². The van der Waals surface area contributed by atoms with Gasteiger partial charge in [-0.25, -0.2) is 0 Å². The Morgan fingerprint density at radius 3 is 3.08 bits per heavy atom. The van der Waals surface area contributed by atoms with Crippen LogP contribution in [0.2, 0.25) is 0 Å². The highest BCUT2D eigenvalue weighted by Gasteiger charge is 2.13. The summed E-state index contributed by atoms with van der Waals surface area (Å²) in [5.74, 6) is 4.88. The van der Waals surface area contributed by atoms with Gasteiger partial charge >= 0.3 is 0 Å². The van der Waals surface area contributed by atoms with Gasteiger partial charge < -0.3 is 10.1 Å². The van der Waals surface area contributed by atoms with E-state index in [1.807, 2.05) is 0 Å². The maximum absolute atomic E-state index is 11.1. The van der Waals surface area contributed by atoms with Crippen LogP contribution in [0.3, 0.4) is 0 Å². The molecule has 72 valence electrons. The zero-order chi connectivity index (χ0) is 9.52. The predicted octanol–water partition coefficient (Wildman–Crippen LogP) is 0.695. The molecule has 1 heterocycles. The van der Waals surface area contributed by atoms with Crippen molar-refractivity contribution in [3.05, 3.63) is 0 Å². The van der Waals surface area contributed by atoms with Gasteiger partial charge in [0.25, 0.3) is 5.91 Å². The molecule has 0 aliphatic carbocycles. The summed E-state index contributed by atoms with van der Waals surface area (Å²) in [4.78, 5) is 11.1. The first kappa shape index (κ1) is 10.1. The van der Waals surface area contributed by atoms with E-state index in [4.69, 9.17) is 4.74 Å². The van der Waals surface area contributed by atoms with Crippen molar-refractivity contribution in [2.24, 2.45) is 0 Å². The molecule has 13 heavy (non-hydrogen) atoms. The molecule has 1 aliphatic rings. The lowest BCUT2D eigenvalue weighted by atomic mass is 10.1. The van der Waals surface area contributed by atoms with Crippen LogP contribution in [0, 0.1) is 11.8 Å². The topological polar surface area (TPSA) is 38.3 Å². The van der Waals surface area contributed by atoms with E-state index in [1.165, 1.54) is 0 Å². The highest BCUT2D eigenvalue weighted by molar-refractivity contribution is 5.93. The molecule has 0 spiro atoms. The fraction of sp³-hybridized carbons (Fsp3) is 0.700. The average Bonchev–Trinajstić information content (AvgIpc) is 2.33. The van der Waals surface area contributed by atoms with Gasteiger partial charge in [0, 0.05) is 19.3 Å². The van der Waals surface area contributed by atoms with Crippen LogP contribution in [0.25, 0.3) is 0 Å². The van der Waals surface area contributed by atoms with Crippen LogP contribution in [-0.2, 0) is 9.53 Å². The second-order valence-electron chi connectivity index (χ2n) is 3.09. The Balaban J connectivity index is 2.32. The summed E-state index contributed by atoms with van der Waals surface area (Å²) >= 11 is 0. The first-order chi connectivity index (χ1) is 6.33. The largest absolute Gasteiger partial charge is 0.381 e. The number of ether oxygens (including phenoxy) is 1. The highest BCUT2D eigenvalue weighted by atomic mass is 16.5. The molecule has 3 heteroatoms. The maximum Gasteiger partial charge on any atom is 0.296 e. The molecular formula is C10H15NO2. The number of hydrogen-bond acceptors (Lipinski definition) is 2. The molecule has 0 aromatic rings. The van der Waals surface area contributed by atoms with Crippen LogP contribution >= 0.6 is 0 Å². The van der Waals surface area contributed by atoms with Crippen molar-refractivity contribution in [1.82, 2.24) is 5.32 Å². The van der Waals surface area contributed by atoms with Gasteiger partial charge in [-0.2, -0.15) is 0 Å². The minimum atomic E-state index is -0.172. The molecule has 0 radical (unpaired) electrons. The van der Waals surface area contributed by atoms with Gasteiger partial charge in [-0.3, -0.25) is 4.79 Å². The molecule has 0 aromatic carbocycles. The Hall–Kier alpha value is -1.01. The Labute approximate surface area is 78.8 Å². The Kier molecular flexibility index (Phi) is 4.34. The monoisotopic (exact) mass is 181 g/mol. The van der Waals surface area contributed by atoms with Crippen molar-refractivity contribution in [3.63, 3.8) is 0 Å². The van der Waals surface area contributed by atoms with Gasteiger partial charge in [0.05, 0.1) is 0 Å². The lowest BCUT2D eigenvalue weighted by molar-refractivity contribution is -0.116. The van der Waals surface area contributed by atoms with Gasteiger partial charge in [0.2, 0.25) is 0 Å². The summed E-state index contributed by atoms with van der Waals surface area (Å²) in [5, 5.41) is 2.87. The number of nitrogens with one attached hydrogen (secondary N) is 1. The zero-order valence-electron chi connectivity index (χ0n) is 7.93. The van der Waals surface area contributed by atoms with Crippen molar-refractivity contribution in [1.29, 1.82) is 0 Å². The molecule has 1 aliphatic heterocycles. The summed E-state index contributed by atoms with van der Waals surface area (Å²) in [7, 11) is 0. The van der Waals surface area contributed by atoms with Crippen LogP contribution in [-0.4, -0.2) is 25.2 Å². The van der Waals surface area contributed by atoms with E-state index in [-0.39, 0.29) is 11.9 Å². The fourth-order valence-electron chi connectivity index (χ4n) is 1.38. The summed E-state index contributed by atoms with van der Waals surface area (Å²) in [6.45, 7) is 3.21. The zero-order valence-corrected chi connectivity index (χ0v) is 7.93. The lowest BCUT2D eigenvalue weighted by Gasteiger charge is -2.12. The molecule has 1 N–H and O–H groups in total. The molecule has 1 atom stereocenters. The maximum atomic E-state index is 11.1. The standard InChI is InChI=1S/C10H15NO2/c1-2-4-10(12)11-9-5-3-7-13-8-6-9/h9H,3,5-8H2,1H3,(H,11,12). The first-order valence-electron chi connectivity index (χ1n) is 4.64. The number of carbonyl (C=O) groups excluding carboxylic acids is 1.